The predicted molar refractivity (Wildman–Crippen MR) is 50.2 cm³/mol. The summed E-state index contributed by atoms with van der Waals surface area (Å²) < 4.78 is 12.9. The predicted octanol–water partition coefficient (Wildman–Crippen LogP) is -1.13. The van der Waals surface area contributed by atoms with E-state index in [1.807, 2.05) is 0 Å². The molecule has 0 aliphatic heterocycles. The van der Waals surface area contributed by atoms with Crippen molar-refractivity contribution in [1.29, 1.82) is 0 Å². The summed E-state index contributed by atoms with van der Waals surface area (Å²) in [5.41, 5.74) is 0. The van der Waals surface area contributed by atoms with E-state index in [2.05, 4.69) is 14.2 Å². The standard InChI is InChI=1S/C9H14O7/c1-14-6(10)4-5(8(12)15-2)7(11)9(13)16-3/h5,7,11H,4H2,1-3H3. The summed E-state index contributed by atoms with van der Waals surface area (Å²) in [6.07, 6.45) is -2.21. The Morgan fingerprint density at radius 1 is 1.00 bits per heavy atom. The molecular formula is C9H14O7. The molecule has 16 heavy (non-hydrogen) atoms. The molecule has 92 valence electrons. The number of carbonyl (C=O) groups is 3. The normalized spacial score (nSPS) is 13.5. The molecule has 0 aromatic rings. The van der Waals surface area contributed by atoms with E-state index in [0.717, 1.165) is 21.3 Å². The number of hydrogen-bond donors (Lipinski definition) is 1. The maximum absolute atomic E-state index is 11.2. The first-order valence-electron chi connectivity index (χ1n) is 4.38. The van der Waals surface area contributed by atoms with Gasteiger partial charge in [0.05, 0.1) is 27.8 Å². The lowest BCUT2D eigenvalue weighted by atomic mass is 9.99. The second kappa shape index (κ2) is 6.78. The van der Waals surface area contributed by atoms with E-state index in [1.54, 1.807) is 0 Å². The molecule has 0 spiro atoms. The summed E-state index contributed by atoms with van der Waals surface area (Å²) in [7, 11) is 3.26. The molecule has 0 aliphatic carbocycles. The third-order valence-corrected chi connectivity index (χ3v) is 1.94. The fraction of sp³-hybridized carbons (Fsp3) is 0.667. The number of hydrogen-bond acceptors (Lipinski definition) is 7. The number of ether oxygens (including phenoxy) is 3. The first kappa shape index (κ1) is 14.4. The second-order valence-corrected chi connectivity index (χ2v) is 2.88. The Labute approximate surface area is 92.3 Å². The van der Waals surface area contributed by atoms with Gasteiger partial charge in [-0.1, -0.05) is 0 Å². The highest BCUT2D eigenvalue weighted by Crippen LogP contribution is 2.13. The van der Waals surface area contributed by atoms with Gasteiger partial charge in [-0.25, -0.2) is 4.79 Å². The van der Waals surface area contributed by atoms with Gasteiger partial charge in [0.1, 0.15) is 5.92 Å². The first-order chi connectivity index (χ1) is 7.47. The van der Waals surface area contributed by atoms with Crippen molar-refractivity contribution in [3.05, 3.63) is 0 Å². The van der Waals surface area contributed by atoms with Crippen LogP contribution >= 0.6 is 0 Å². The quantitative estimate of drug-likeness (QED) is 0.474. The molecular weight excluding hydrogens is 220 g/mol. The van der Waals surface area contributed by atoms with Crippen LogP contribution in [0.2, 0.25) is 0 Å². The molecule has 0 radical (unpaired) electrons. The van der Waals surface area contributed by atoms with Crippen LogP contribution in [-0.2, 0) is 28.6 Å². The number of methoxy groups -OCH3 is 3. The number of aliphatic hydroxyl groups excluding tert-OH is 1. The molecule has 0 saturated heterocycles. The number of aliphatic hydroxyl groups is 1. The van der Waals surface area contributed by atoms with Crippen molar-refractivity contribution in [3.63, 3.8) is 0 Å². The molecule has 1 N–H and O–H groups in total. The number of esters is 3. The third kappa shape index (κ3) is 3.85. The average Bonchev–Trinajstić information content (AvgIpc) is 2.32. The Balaban J connectivity index is 4.72. The molecule has 0 heterocycles. The summed E-state index contributed by atoms with van der Waals surface area (Å²) in [4.78, 5) is 33.2. The fourth-order valence-electron chi connectivity index (χ4n) is 1.02. The summed E-state index contributed by atoms with van der Waals surface area (Å²) >= 11 is 0. The van der Waals surface area contributed by atoms with Crippen molar-refractivity contribution < 1.29 is 33.7 Å². The second-order valence-electron chi connectivity index (χ2n) is 2.88. The highest BCUT2D eigenvalue weighted by molar-refractivity contribution is 5.87. The number of rotatable bonds is 5. The first-order valence-corrected chi connectivity index (χ1v) is 4.38. The molecule has 2 unspecified atom stereocenters. The highest BCUT2D eigenvalue weighted by atomic mass is 16.5. The molecule has 2 atom stereocenters. The van der Waals surface area contributed by atoms with Crippen LogP contribution in [0.15, 0.2) is 0 Å². The summed E-state index contributed by atoms with van der Waals surface area (Å²) in [6.45, 7) is 0. The van der Waals surface area contributed by atoms with Crippen LogP contribution in [0.25, 0.3) is 0 Å². The minimum absolute atomic E-state index is 0.459. The third-order valence-electron chi connectivity index (χ3n) is 1.94. The van der Waals surface area contributed by atoms with Gasteiger partial charge in [-0.3, -0.25) is 9.59 Å². The lowest BCUT2D eigenvalue weighted by Gasteiger charge is -2.17. The van der Waals surface area contributed by atoms with E-state index in [0.29, 0.717) is 0 Å². The SMILES string of the molecule is COC(=O)CC(C(=O)OC)C(O)C(=O)OC. The molecule has 7 heteroatoms. The molecule has 0 aromatic carbocycles. The van der Waals surface area contributed by atoms with Crippen molar-refractivity contribution in [2.45, 2.75) is 12.5 Å². The Bertz CT molecular complexity index is 273. The Morgan fingerprint density at radius 2 is 1.50 bits per heavy atom. The van der Waals surface area contributed by atoms with Gasteiger partial charge in [-0.05, 0) is 0 Å². The van der Waals surface area contributed by atoms with Crippen molar-refractivity contribution in [3.8, 4) is 0 Å². The van der Waals surface area contributed by atoms with Crippen molar-refractivity contribution in [1.82, 2.24) is 0 Å². The molecule has 0 rings (SSSR count). The molecule has 7 nitrogen and oxygen atoms in total. The van der Waals surface area contributed by atoms with Crippen LogP contribution < -0.4 is 0 Å². The molecule has 0 amide bonds. The van der Waals surface area contributed by atoms with Crippen LogP contribution in [0.3, 0.4) is 0 Å². The van der Waals surface area contributed by atoms with Gasteiger partial charge in [0.2, 0.25) is 0 Å². The molecule has 0 aliphatic rings. The highest BCUT2D eigenvalue weighted by Gasteiger charge is 2.35. The topological polar surface area (TPSA) is 99.1 Å². The van der Waals surface area contributed by atoms with Crippen molar-refractivity contribution in [2.75, 3.05) is 21.3 Å². The minimum atomic E-state index is -1.75. The van der Waals surface area contributed by atoms with E-state index in [9.17, 15) is 19.5 Å². The van der Waals surface area contributed by atoms with Gasteiger partial charge in [0.15, 0.2) is 6.10 Å². The van der Waals surface area contributed by atoms with E-state index in [1.165, 1.54) is 0 Å². The van der Waals surface area contributed by atoms with Crippen LogP contribution in [0.1, 0.15) is 6.42 Å². The largest absolute Gasteiger partial charge is 0.469 e. The van der Waals surface area contributed by atoms with Crippen LogP contribution in [0.4, 0.5) is 0 Å². The van der Waals surface area contributed by atoms with Crippen LogP contribution in [0, 0.1) is 5.92 Å². The molecule has 0 aromatic heterocycles. The van der Waals surface area contributed by atoms with Gasteiger partial charge in [-0.15, -0.1) is 0 Å². The van der Waals surface area contributed by atoms with E-state index in [-0.39, 0.29) is 0 Å². The summed E-state index contributed by atoms with van der Waals surface area (Å²) in [5, 5.41) is 9.44. The van der Waals surface area contributed by atoms with E-state index in [4.69, 9.17) is 0 Å². The molecule has 0 bridgehead atoms. The Hall–Kier alpha value is -1.63. The Kier molecular flexibility index (Phi) is 6.09. The van der Waals surface area contributed by atoms with Gasteiger partial charge < -0.3 is 19.3 Å². The molecule has 0 saturated carbocycles. The van der Waals surface area contributed by atoms with Crippen molar-refractivity contribution >= 4 is 17.9 Å². The van der Waals surface area contributed by atoms with Gasteiger partial charge in [0, 0.05) is 0 Å². The van der Waals surface area contributed by atoms with Gasteiger partial charge in [-0.2, -0.15) is 0 Å². The number of carbonyl (C=O) groups excluding carboxylic acids is 3. The van der Waals surface area contributed by atoms with Crippen LogP contribution in [0.5, 0.6) is 0 Å². The summed E-state index contributed by atoms with van der Waals surface area (Å²) in [6, 6.07) is 0. The Morgan fingerprint density at radius 3 is 1.88 bits per heavy atom. The van der Waals surface area contributed by atoms with E-state index >= 15 is 0 Å². The van der Waals surface area contributed by atoms with Gasteiger partial charge in [0.25, 0.3) is 0 Å². The smallest absolute Gasteiger partial charge is 0.335 e. The lowest BCUT2D eigenvalue weighted by molar-refractivity contribution is -0.166. The van der Waals surface area contributed by atoms with Crippen LogP contribution in [-0.4, -0.2) is 50.4 Å². The average molecular weight is 234 g/mol. The maximum atomic E-state index is 11.2. The maximum Gasteiger partial charge on any atom is 0.335 e. The van der Waals surface area contributed by atoms with E-state index < -0.39 is 36.4 Å². The minimum Gasteiger partial charge on any atom is -0.469 e. The summed E-state index contributed by atoms with van der Waals surface area (Å²) in [5.74, 6) is -3.97. The monoisotopic (exact) mass is 234 g/mol. The van der Waals surface area contributed by atoms with Crippen molar-refractivity contribution in [2.24, 2.45) is 5.92 Å². The zero-order valence-electron chi connectivity index (χ0n) is 9.26. The fourth-order valence-corrected chi connectivity index (χ4v) is 1.02. The lowest BCUT2D eigenvalue weighted by Crippen LogP contribution is -2.38. The zero-order valence-corrected chi connectivity index (χ0v) is 9.26. The molecule has 0 fully saturated rings. The zero-order chi connectivity index (χ0) is 12.7. The van der Waals surface area contributed by atoms with Gasteiger partial charge >= 0.3 is 17.9 Å².